The second-order valence-corrected chi connectivity index (χ2v) is 11.8. The molecule has 0 bridgehead atoms. The van der Waals surface area contributed by atoms with Gasteiger partial charge in [-0.05, 0) is 87.4 Å². The van der Waals surface area contributed by atoms with Crippen molar-refractivity contribution in [1.29, 1.82) is 0 Å². The summed E-state index contributed by atoms with van der Waals surface area (Å²) >= 11 is 0. The van der Waals surface area contributed by atoms with E-state index < -0.39 is 17.4 Å². The fraction of sp³-hybridized carbons (Fsp3) is 0.538. The molecule has 212 valence electrons. The third kappa shape index (κ3) is 5.65. The Morgan fingerprint density at radius 2 is 1.80 bits per heavy atom. The number of halogens is 3. The summed E-state index contributed by atoms with van der Waals surface area (Å²) in [6.45, 7) is 16.0. The number of hydrogen-bond acceptors (Lipinski definition) is 8. The number of tetrazole rings is 1. The van der Waals surface area contributed by atoms with Crippen molar-refractivity contribution in [2.75, 3.05) is 10.6 Å². The monoisotopic (exact) mass is 556 g/mol. The molecule has 1 aliphatic heterocycles. The maximum atomic E-state index is 14.3. The molecule has 2 fully saturated rings. The van der Waals surface area contributed by atoms with Gasteiger partial charge < -0.3 is 16.0 Å². The fourth-order valence-corrected chi connectivity index (χ4v) is 5.76. The normalized spacial score (nSPS) is 18.8. The first-order valence-electron chi connectivity index (χ1n) is 13.0. The van der Waals surface area contributed by atoms with Crippen LogP contribution >= 0.6 is 0 Å². The Kier molecular flexibility index (Phi) is 6.60. The predicted octanol–water partition coefficient (Wildman–Crippen LogP) is 4.67. The van der Waals surface area contributed by atoms with Crippen LogP contribution in [0.3, 0.4) is 0 Å². The number of nitrogens with one attached hydrogen (secondary N) is 3. The van der Waals surface area contributed by atoms with Crippen LogP contribution in [-0.2, 0) is 13.2 Å². The summed E-state index contributed by atoms with van der Waals surface area (Å²) in [5.41, 5.74) is -1.58. The standard InChI is InChI=1S/C26H31F3N10O/c1-24(2)11-16(12-25(3,4)35-24)32-21-18(30-5)13-31-22(34-21)33-15-9-17(26(27,28)29)20(14-7-8-14)19(10-15)39-23(40)38(6)36-37-39/h9-10,13-14,16,35H,7-8,11-12H2,1-4,6H3,(H2,31,32,33,34). The molecule has 0 spiro atoms. The van der Waals surface area contributed by atoms with Gasteiger partial charge in [-0.1, -0.05) is 0 Å². The van der Waals surface area contributed by atoms with Crippen molar-refractivity contribution < 1.29 is 13.2 Å². The van der Waals surface area contributed by atoms with Gasteiger partial charge in [0.15, 0.2) is 0 Å². The number of aryl methyl sites for hydroxylation is 1. The Hall–Kier alpha value is -3.99. The summed E-state index contributed by atoms with van der Waals surface area (Å²) in [6, 6.07) is 2.42. The molecule has 14 heteroatoms. The molecule has 0 atom stereocenters. The van der Waals surface area contributed by atoms with Gasteiger partial charge in [0.1, 0.15) is 5.82 Å². The van der Waals surface area contributed by atoms with Gasteiger partial charge in [0.05, 0.1) is 17.8 Å². The van der Waals surface area contributed by atoms with Crippen molar-refractivity contribution in [3.63, 3.8) is 0 Å². The molecule has 0 amide bonds. The third-order valence-corrected chi connectivity index (χ3v) is 7.08. The lowest BCUT2D eigenvalue weighted by atomic mass is 9.79. The predicted molar refractivity (Wildman–Crippen MR) is 143 cm³/mol. The maximum Gasteiger partial charge on any atom is 0.416 e. The van der Waals surface area contributed by atoms with E-state index in [1.807, 2.05) is 0 Å². The van der Waals surface area contributed by atoms with Crippen molar-refractivity contribution in [2.24, 2.45) is 7.05 Å². The zero-order valence-electron chi connectivity index (χ0n) is 22.9. The van der Waals surface area contributed by atoms with Crippen molar-refractivity contribution in [3.8, 4) is 5.69 Å². The molecule has 11 nitrogen and oxygen atoms in total. The molecular formula is C26H31F3N10O. The Bertz CT molecular complexity index is 1530. The number of hydrogen-bond donors (Lipinski definition) is 3. The van der Waals surface area contributed by atoms with Crippen LogP contribution in [-0.4, -0.2) is 46.9 Å². The minimum atomic E-state index is -4.67. The van der Waals surface area contributed by atoms with Gasteiger partial charge in [0.25, 0.3) is 0 Å². The third-order valence-electron chi connectivity index (χ3n) is 7.08. The minimum Gasteiger partial charge on any atom is -0.376 e. The molecule has 3 N–H and O–H groups in total. The molecule has 2 aliphatic rings. The molecule has 2 aromatic heterocycles. The molecule has 40 heavy (non-hydrogen) atoms. The van der Waals surface area contributed by atoms with E-state index in [1.54, 1.807) is 0 Å². The SMILES string of the molecule is [C-]#[N+]c1cnc(Nc2cc(-n3nnn(C)c3=O)c(C3CC3)c(C(F)(F)F)c2)nc1NC1CC(C)(C)NC(C)(C)C1. The Morgan fingerprint density at radius 3 is 2.35 bits per heavy atom. The summed E-state index contributed by atoms with van der Waals surface area (Å²) in [5.74, 6) is -0.0350. The Balaban J connectivity index is 1.53. The molecule has 3 aromatic rings. The van der Waals surface area contributed by atoms with Gasteiger partial charge in [-0.2, -0.15) is 22.5 Å². The molecule has 1 aromatic carbocycles. The second kappa shape index (κ2) is 9.58. The minimum absolute atomic E-state index is 0.000657. The lowest BCUT2D eigenvalue weighted by Gasteiger charge is -2.46. The smallest absolute Gasteiger partial charge is 0.376 e. The number of piperidine rings is 1. The molecule has 1 saturated carbocycles. The van der Waals surface area contributed by atoms with Crippen molar-refractivity contribution in [2.45, 2.75) is 82.6 Å². The molecule has 0 unspecified atom stereocenters. The Morgan fingerprint density at radius 1 is 1.12 bits per heavy atom. The van der Waals surface area contributed by atoms with E-state index in [9.17, 15) is 18.0 Å². The highest BCUT2D eigenvalue weighted by Gasteiger charge is 2.41. The van der Waals surface area contributed by atoms with E-state index in [-0.39, 0.29) is 51.6 Å². The van der Waals surface area contributed by atoms with Crippen LogP contribution in [0.4, 0.5) is 36.3 Å². The quantitative estimate of drug-likeness (QED) is 0.375. The summed E-state index contributed by atoms with van der Waals surface area (Å²) in [7, 11) is 1.38. The van der Waals surface area contributed by atoms with Crippen LogP contribution in [0.5, 0.6) is 0 Å². The molecule has 3 heterocycles. The van der Waals surface area contributed by atoms with E-state index in [0.29, 0.717) is 18.7 Å². The highest BCUT2D eigenvalue weighted by molar-refractivity contribution is 5.69. The molecule has 0 radical (unpaired) electrons. The van der Waals surface area contributed by atoms with Gasteiger partial charge in [-0.25, -0.2) is 19.6 Å². The fourth-order valence-electron chi connectivity index (χ4n) is 5.76. The van der Waals surface area contributed by atoms with E-state index in [2.05, 4.69) is 68.9 Å². The number of benzene rings is 1. The lowest BCUT2D eigenvalue weighted by molar-refractivity contribution is -0.138. The van der Waals surface area contributed by atoms with Gasteiger partial charge >= 0.3 is 11.9 Å². The Labute approximate surface area is 229 Å². The number of rotatable bonds is 6. The van der Waals surface area contributed by atoms with Gasteiger partial charge in [-0.15, -0.1) is 0 Å². The van der Waals surface area contributed by atoms with Crippen LogP contribution in [0.1, 0.15) is 70.4 Å². The van der Waals surface area contributed by atoms with E-state index in [4.69, 9.17) is 6.57 Å². The average Bonchev–Trinajstić information content (AvgIpc) is 3.61. The molecule has 1 aliphatic carbocycles. The van der Waals surface area contributed by atoms with Crippen LogP contribution in [0.15, 0.2) is 23.1 Å². The number of alkyl halides is 3. The zero-order chi connectivity index (χ0) is 29.0. The molecular weight excluding hydrogens is 525 g/mol. The van der Waals surface area contributed by atoms with Crippen LogP contribution < -0.4 is 21.6 Å². The summed E-state index contributed by atoms with van der Waals surface area (Å²) in [5, 5.41) is 17.3. The van der Waals surface area contributed by atoms with Crippen LogP contribution in [0.25, 0.3) is 10.5 Å². The number of nitrogens with zero attached hydrogens (tertiary/aromatic N) is 7. The van der Waals surface area contributed by atoms with Crippen molar-refractivity contribution >= 4 is 23.1 Å². The van der Waals surface area contributed by atoms with Crippen molar-refractivity contribution in [1.82, 2.24) is 35.1 Å². The summed E-state index contributed by atoms with van der Waals surface area (Å²) in [4.78, 5) is 24.8. The van der Waals surface area contributed by atoms with E-state index in [1.165, 1.54) is 19.3 Å². The van der Waals surface area contributed by atoms with Crippen LogP contribution in [0, 0.1) is 6.57 Å². The van der Waals surface area contributed by atoms with Crippen molar-refractivity contribution in [3.05, 3.63) is 51.4 Å². The highest BCUT2D eigenvalue weighted by atomic mass is 19.4. The van der Waals surface area contributed by atoms with Gasteiger partial charge in [0, 0.05) is 36.1 Å². The van der Waals surface area contributed by atoms with E-state index >= 15 is 0 Å². The second-order valence-electron chi connectivity index (χ2n) is 11.8. The lowest BCUT2D eigenvalue weighted by Crippen LogP contribution is -2.60. The van der Waals surface area contributed by atoms with Gasteiger partial charge in [0.2, 0.25) is 11.6 Å². The highest BCUT2D eigenvalue weighted by Crippen LogP contribution is 2.49. The van der Waals surface area contributed by atoms with Crippen LogP contribution in [0.2, 0.25) is 0 Å². The maximum absolute atomic E-state index is 14.3. The number of aromatic nitrogens is 6. The average molecular weight is 557 g/mol. The zero-order valence-corrected chi connectivity index (χ0v) is 22.9. The molecule has 5 rings (SSSR count). The topological polar surface area (TPSA) is 119 Å². The van der Waals surface area contributed by atoms with E-state index in [0.717, 1.165) is 28.3 Å². The number of anilines is 3. The summed E-state index contributed by atoms with van der Waals surface area (Å²) in [6.07, 6.45) is -0.634. The first-order valence-corrected chi connectivity index (χ1v) is 13.0. The first-order chi connectivity index (χ1) is 18.7. The summed E-state index contributed by atoms with van der Waals surface area (Å²) < 4.78 is 44.6. The molecule has 1 saturated heterocycles. The largest absolute Gasteiger partial charge is 0.416 e. The first kappa shape index (κ1) is 27.6. The van der Waals surface area contributed by atoms with Gasteiger partial charge in [-0.3, -0.25) is 0 Å².